The zero-order chi connectivity index (χ0) is 12.3. The Morgan fingerprint density at radius 1 is 1.12 bits per heavy atom. The van der Waals surface area contributed by atoms with Crippen LogP contribution in [-0.4, -0.2) is 15.0 Å². The van der Waals surface area contributed by atoms with Crippen molar-refractivity contribution < 1.29 is 0 Å². The molecule has 2 rings (SSSR count). The molecular weight excluding hydrogens is 271 g/mol. The van der Waals surface area contributed by atoms with Crippen LogP contribution in [0.4, 0.5) is 0 Å². The first-order valence-corrected chi connectivity index (χ1v) is 8.07. The van der Waals surface area contributed by atoms with Crippen LogP contribution in [0.5, 0.6) is 0 Å². The Kier molecular flexibility index (Phi) is 3.77. The molecule has 1 aromatic carbocycles. The quantitative estimate of drug-likeness (QED) is 0.542. The fourth-order valence-electron chi connectivity index (χ4n) is 1.69. The average Bonchev–Trinajstić information content (AvgIpc) is 2.75. The molecule has 0 spiro atoms. The fourth-order valence-corrected chi connectivity index (χ4v) is 4.08. The monoisotopic (exact) mass is 290 g/mol. The summed E-state index contributed by atoms with van der Waals surface area (Å²) in [4.78, 5) is 0. The molecule has 1 heteroatoms. The van der Waals surface area contributed by atoms with Crippen molar-refractivity contribution >= 4 is 19.4 Å². The minimum absolute atomic E-state index is 0.102. The summed E-state index contributed by atoms with van der Waals surface area (Å²) >= 11 is 0.614. The van der Waals surface area contributed by atoms with E-state index >= 15 is 0 Å². The van der Waals surface area contributed by atoms with Crippen molar-refractivity contribution in [3.05, 3.63) is 41.5 Å². The summed E-state index contributed by atoms with van der Waals surface area (Å²) in [5, 5.41) is 1.31. The molecule has 17 heavy (non-hydrogen) atoms. The Hall–Kier alpha value is -0.961. The van der Waals surface area contributed by atoms with Gasteiger partial charge in [0, 0.05) is 0 Å². The molecule has 0 aliphatic carbocycles. The molecule has 0 saturated heterocycles. The second kappa shape index (κ2) is 5.13. The second-order valence-electron chi connectivity index (χ2n) is 5.27. The van der Waals surface area contributed by atoms with Gasteiger partial charge in [-0.15, -0.1) is 0 Å². The van der Waals surface area contributed by atoms with Crippen molar-refractivity contribution in [2.75, 3.05) is 0 Å². The Balaban J connectivity index is 2.34. The van der Waals surface area contributed by atoms with Crippen LogP contribution in [0.2, 0.25) is 5.32 Å². The minimum atomic E-state index is 0.102. The Morgan fingerprint density at radius 3 is 2.47 bits per heavy atom. The van der Waals surface area contributed by atoms with Crippen molar-refractivity contribution in [3.63, 3.8) is 0 Å². The molecule has 1 aliphatic rings. The van der Waals surface area contributed by atoms with Gasteiger partial charge < -0.3 is 0 Å². The van der Waals surface area contributed by atoms with E-state index < -0.39 is 0 Å². The molecule has 1 aromatic rings. The molecule has 0 amide bonds. The van der Waals surface area contributed by atoms with Gasteiger partial charge in [-0.1, -0.05) is 0 Å². The summed E-state index contributed by atoms with van der Waals surface area (Å²) in [6.45, 7) is 6.51. The molecule has 1 heterocycles. The van der Waals surface area contributed by atoms with Crippen LogP contribution >= 0.6 is 0 Å². The van der Waals surface area contributed by atoms with E-state index in [1.54, 1.807) is 0 Å². The second-order valence-corrected chi connectivity index (χ2v) is 7.59. The molecule has 0 unspecified atom stereocenters. The number of hydrogen-bond acceptors (Lipinski definition) is 0. The van der Waals surface area contributed by atoms with E-state index in [0.717, 1.165) is 0 Å². The first kappa shape index (κ1) is 12.5. The van der Waals surface area contributed by atoms with Crippen molar-refractivity contribution in [2.24, 2.45) is 5.41 Å². The molecule has 0 fully saturated rings. The van der Waals surface area contributed by atoms with Gasteiger partial charge in [0.05, 0.1) is 0 Å². The van der Waals surface area contributed by atoms with Gasteiger partial charge in [0.25, 0.3) is 0 Å². The van der Waals surface area contributed by atoms with Gasteiger partial charge in [-0.05, 0) is 0 Å². The van der Waals surface area contributed by atoms with E-state index in [0.29, 0.717) is 15.0 Å². The van der Waals surface area contributed by atoms with Crippen molar-refractivity contribution in [3.8, 4) is 11.8 Å². The molecule has 88 valence electrons. The summed E-state index contributed by atoms with van der Waals surface area (Å²) in [7, 11) is 0. The van der Waals surface area contributed by atoms with Crippen molar-refractivity contribution in [1.82, 2.24) is 0 Å². The van der Waals surface area contributed by atoms with Gasteiger partial charge in [-0.2, -0.15) is 0 Å². The van der Waals surface area contributed by atoms with E-state index in [1.165, 1.54) is 27.3 Å². The van der Waals surface area contributed by atoms with Gasteiger partial charge in [0.1, 0.15) is 0 Å². The van der Waals surface area contributed by atoms with Gasteiger partial charge in [0.15, 0.2) is 0 Å². The Morgan fingerprint density at radius 2 is 1.82 bits per heavy atom. The summed E-state index contributed by atoms with van der Waals surface area (Å²) < 4.78 is 1.52. The van der Waals surface area contributed by atoms with Gasteiger partial charge >= 0.3 is 111 Å². The predicted molar refractivity (Wildman–Crippen MR) is 75.8 cm³/mol. The Bertz CT molecular complexity index is 478. The van der Waals surface area contributed by atoms with Crippen LogP contribution in [0.3, 0.4) is 0 Å². The third kappa shape index (κ3) is 3.50. The Labute approximate surface area is 111 Å². The zero-order valence-electron chi connectivity index (χ0n) is 10.7. The fraction of sp³-hybridized carbons (Fsp3) is 0.375. The molecule has 0 aromatic heterocycles. The van der Waals surface area contributed by atoms with Gasteiger partial charge in [-0.25, -0.2) is 0 Å². The predicted octanol–water partition coefficient (Wildman–Crippen LogP) is 3.97. The van der Waals surface area contributed by atoms with Crippen LogP contribution in [0.25, 0.3) is 4.47 Å². The van der Waals surface area contributed by atoms with E-state index in [9.17, 15) is 0 Å². The summed E-state index contributed by atoms with van der Waals surface area (Å²) in [5.41, 5.74) is 2.86. The molecule has 0 radical (unpaired) electrons. The normalized spacial score (nSPS) is 15.7. The first-order valence-electron chi connectivity index (χ1n) is 6.01. The summed E-state index contributed by atoms with van der Waals surface area (Å²) in [6.07, 6.45) is 1.17. The maximum absolute atomic E-state index is 3.42. The summed E-state index contributed by atoms with van der Waals surface area (Å²) in [6, 6.07) is 10.7. The van der Waals surface area contributed by atoms with Crippen LogP contribution < -0.4 is 0 Å². The van der Waals surface area contributed by atoms with Crippen LogP contribution in [0.1, 0.15) is 32.8 Å². The van der Waals surface area contributed by atoms with Crippen molar-refractivity contribution in [1.29, 1.82) is 0 Å². The van der Waals surface area contributed by atoms with E-state index in [-0.39, 0.29) is 5.41 Å². The molecule has 0 N–H and O–H groups in total. The van der Waals surface area contributed by atoms with Crippen LogP contribution in [-0.2, 0) is 0 Å². The zero-order valence-corrected chi connectivity index (χ0v) is 12.4. The van der Waals surface area contributed by atoms with E-state index in [4.69, 9.17) is 0 Å². The number of hydrogen-bond donors (Lipinski definition) is 0. The third-order valence-electron chi connectivity index (χ3n) is 2.50. The molecule has 0 saturated carbocycles. The first-order chi connectivity index (χ1) is 8.06. The molecule has 0 atom stereocenters. The van der Waals surface area contributed by atoms with Crippen LogP contribution in [0, 0.1) is 17.3 Å². The number of allylic oxidation sites excluding steroid dienone is 1. The van der Waals surface area contributed by atoms with E-state index in [2.05, 4.69) is 62.9 Å². The molecule has 0 bridgehead atoms. The maximum atomic E-state index is 3.42. The topological polar surface area (TPSA) is 0 Å². The number of benzene rings is 1. The van der Waals surface area contributed by atoms with Crippen molar-refractivity contribution in [2.45, 2.75) is 32.5 Å². The molecular formula is C16H18Se. The average molecular weight is 289 g/mol. The van der Waals surface area contributed by atoms with E-state index in [1.807, 2.05) is 0 Å². The van der Waals surface area contributed by atoms with Crippen LogP contribution in [0.15, 0.2) is 35.9 Å². The SMILES string of the molecule is CC(C)(C)C#CC1=C(c2ccccc2)[Se]CC1. The third-order valence-corrected chi connectivity index (χ3v) is 4.97. The molecule has 0 nitrogen and oxygen atoms in total. The number of rotatable bonds is 1. The standard InChI is InChI=1S/C16H18Se/c1-16(2,3)11-9-14-10-12-17-15(14)13-7-5-4-6-8-13/h4-8H,10,12H2,1-3H3. The summed E-state index contributed by atoms with van der Waals surface area (Å²) in [5.74, 6) is 6.78. The van der Waals surface area contributed by atoms with Gasteiger partial charge in [0.2, 0.25) is 0 Å². The molecule has 1 aliphatic heterocycles. The van der Waals surface area contributed by atoms with Gasteiger partial charge in [-0.3, -0.25) is 0 Å².